The van der Waals surface area contributed by atoms with Crippen LogP contribution in [0.2, 0.25) is 0 Å². The Hall–Kier alpha value is -2.36. The molecule has 0 spiro atoms. The number of nitrogens with one attached hydrogen (secondary N) is 2. The number of hydrogen-bond donors (Lipinski definition) is 2. The molecule has 2 N–H and O–H groups in total. The van der Waals surface area contributed by atoms with E-state index in [-0.39, 0.29) is 5.56 Å². The summed E-state index contributed by atoms with van der Waals surface area (Å²) in [7, 11) is 0. The van der Waals surface area contributed by atoms with Crippen molar-refractivity contribution in [2.75, 3.05) is 0 Å². The molecule has 18 heavy (non-hydrogen) atoms. The first kappa shape index (κ1) is 10.8. The molecule has 0 saturated carbocycles. The molecule has 0 atom stereocenters. The van der Waals surface area contributed by atoms with Gasteiger partial charge in [0.15, 0.2) is 0 Å². The van der Waals surface area contributed by atoms with Crippen molar-refractivity contribution in [3.8, 4) is 0 Å². The Kier molecular flexibility index (Phi) is 2.48. The van der Waals surface area contributed by atoms with Gasteiger partial charge in [-0.05, 0) is 18.6 Å². The SMILES string of the molecule is Cc1ccc(Cc2nc3cc[nH]c(=O)c3[nH]2)cc1. The van der Waals surface area contributed by atoms with E-state index in [1.165, 1.54) is 11.1 Å². The maximum Gasteiger partial charge on any atom is 0.273 e. The molecule has 0 unspecified atom stereocenters. The lowest BCUT2D eigenvalue weighted by molar-refractivity contribution is 1.04. The van der Waals surface area contributed by atoms with Crippen LogP contribution in [0.1, 0.15) is 17.0 Å². The van der Waals surface area contributed by atoms with E-state index in [4.69, 9.17) is 0 Å². The summed E-state index contributed by atoms with van der Waals surface area (Å²) in [6.45, 7) is 2.06. The van der Waals surface area contributed by atoms with Crippen molar-refractivity contribution < 1.29 is 0 Å². The van der Waals surface area contributed by atoms with Crippen LogP contribution in [0.3, 0.4) is 0 Å². The molecular formula is C14H13N3O. The van der Waals surface area contributed by atoms with E-state index in [0.717, 1.165) is 5.82 Å². The van der Waals surface area contributed by atoms with Gasteiger partial charge in [-0.3, -0.25) is 4.79 Å². The molecule has 0 amide bonds. The number of aryl methyl sites for hydroxylation is 1. The topological polar surface area (TPSA) is 61.5 Å². The van der Waals surface area contributed by atoms with Gasteiger partial charge in [-0.25, -0.2) is 4.98 Å². The van der Waals surface area contributed by atoms with Gasteiger partial charge in [-0.1, -0.05) is 29.8 Å². The van der Waals surface area contributed by atoms with Crippen molar-refractivity contribution in [1.29, 1.82) is 0 Å². The van der Waals surface area contributed by atoms with Crippen molar-refractivity contribution in [3.05, 3.63) is 63.8 Å². The summed E-state index contributed by atoms with van der Waals surface area (Å²) in [5, 5.41) is 0. The number of hydrogen-bond acceptors (Lipinski definition) is 2. The molecule has 0 saturated heterocycles. The monoisotopic (exact) mass is 239 g/mol. The first-order valence-corrected chi connectivity index (χ1v) is 5.84. The third kappa shape index (κ3) is 1.93. The Bertz CT molecular complexity index is 738. The average Bonchev–Trinajstić information content (AvgIpc) is 2.76. The summed E-state index contributed by atoms with van der Waals surface area (Å²) in [6.07, 6.45) is 2.32. The number of benzene rings is 1. The molecule has 4 nitrogen and oxygen atoms in total. The zero-order valence-corrected chi connectivity index (χ0v) is 10.0. The molecule has 3 aromatic rings. The summed E-state index contributed by atoms with van der Waals surface area (Å²) >= 11 is 0. The van der Waals surface area contributed by atoms with E-state index in [1.54, 1.807) is 12.3 Å². The molecule has 0 aliphatic rings. The number of H-pyrrole nitrogens is 2. The fourth-order valence-electron chi connectivity index (χ4n) is 1.98. The zero-order valence-electron chi connectivity index (χ0n) is 10.0. The molecule has 0 radical (unpaired) electrons. The second kappa shape index (κ2) is 4.14. The minimum Gasteiger partial charge on any atom is -0.337 e. The lowest BCUT2D eigenvalue weighted by Gasteiger charge is -1.98. The van der Waals surface area contributed by atoms with Gasteiger partial charge < -0.3 is 9.97 Å². The summed E-state index contributed by atoms with van der Waals surface area (Å²) < 4.78 is 0. The first-order valence-electron chi connectivity index (χ1n) is 5.84. The van der Waals surface area contributed by atoms with Crippen LogP contribution in [0.15, 0.2) is 41.3 Å². The maximum atomic E-state index is 11.6. The van der Waals surface area contributed by atoms with Gasteiger partial charge in [0.2, 0.25) is 0 Å². The van der Waals surface area contributed by atoms with Gasteiger partial charge in [0.05, 0.1) is 5.52 Å². The van der Waals surface area contributed by atoms with Crippen LogP contribution in [0.4, 0.5) is 0 Å². The van der Waals surface area contributed by atoms with Gasteiger partial charge >= 0.3 is 0 Å². The van der Waals surface area contributed by atoms with Crippen molar-refractivity contribution in [3.63, 3.8) is 0 Å². The maximum absolute atomic E-state index is 11.6. The standard InChI is InChI=1S/C14H13N3O/c1-9-2-4-10(5-3-9)8-12-16-11-6-7-15-14(18)13(11)17-12/h2-7H,8H2,1H3,(H,15,18)(H,16,17). The fraction of sp³-hybridized carbons (Fsp3) is 0.143. The number of nitrogens with zero attached hydrogens (tertiary/aromatic N) is 1. The van der Waals surface area contributed by atoms with Crippen LogP contribution in [-0.2, 0) is 6.42 Å². The molecule has 0 aliphatic heterocycles. The van der Waals surface area contributed by atoms with Gasteiger partial charge in [0.25, 0.3) is 5.56 Å². The second-order valence-electron chi connectivity index (χ2n) is 4.41. The average molecular weight is 239 g/mol. The largest absolute Gasteiger partial charge is 0.337 e. The highest BCUT2D eigenvalue weighted by atomic mass is 16.1. The van der Waals surface area contributed by atoms with E-state index < -0.39 is 0 Å². The number of aromatic nitrogens is 3. The Morgan fingerprint density at radius 1 is 1.17 bits per heavy atom. The molecule has 4 heteroatoms. The zero-order chi connectivity index (χ0) is 12.5. The van der Waals surface area contributed by atoms with E-state index >= 15 is 0 Å². The second-order valence-corrected chi connectivity index (χ2v) is 4.41. The molecule has 3 rings (SSSR count). The third-order valence-electron chi connectivity index (χ3n) is 2.96. The highest BCUT2D eigenvalue weighted by molar-refractivity contribution is 5.73. The quantitative estimate of drug-likeness (QED) is 0.719. The predicted molar refractivity (Wildman–Crippen MR) is 70.7 cm³/mol. The van der Waals surface area contributed by atoms with Gasteiger partial charge in [0, 0.05) is 12.6 Å². The van der Waals surface area contributed by atoms with E-state index in [1.807, 2.05) is 0 Å². The third-order valence-corrected chi connectivity index (χ3v) is 2.96. The summed E-state index contributed by atoms with van der Waals surface area (Å²) in [5.41, 5.74) is 3.53. The molecule has 0 aliphatic carbocycles. The minimum absolute atomic E-state index is 0.129. The van der Waals surface area contributed by atoms with Crippen LogP contribution in [-0.4, -0.2) is 15.0 Å². The number of imidazole rings is 1. The smallest absolute Gasteiger partial charge is 0.273 e. The van der Waals surface area contributed by atoms with E-state index in [9.17, 15) is 4.79 Å². The van der Waals surface area contributed by atoms with Crippen LogP contribution in [0.5, 0.6) is 0 Å². The Morgan fingerprint density at radius 2 is 1.94 bits per heavy atom. The Morgan fingerprint density at radius 3 is 2.67 bits per heavy atom. The molecule has 2 aromatic heterocycles. The van der Waals surface area contributed by atoms with Gasteiger partial charge in [-0.2, -0.15) is 0 Å². The molecule has 1 aromatic carbocycles. The highest BCUT2D eigenvalue weighted by Gasteiger charge is 2.05. The van der Waals surface area contributed by atoms with Crippen LogP contribution < -0.4 is 5.56 Å². The highest BCUT2D eigenvalue weighted by Crippen LogP contribution is 2.11. The molecule has 90 valence electrons. The molecular weight excluding hydrogens is 226 g/mol. The minimum atomic E-state index is -0.129. The van der Waals surface area contributed by atoms with Crippen molar-refractivity contribution in [2.24, 2.45) is 0 Å². The summed E-state index contributed by atoms with van der Waals surface area (Å²) in [4.78, 5) is 21.7. The van der Waals surface area contributed by atoms with Crippen LogP contribution in [0, 0.1) is 6.92 Å². The van der Waals surface area contributed by atoms with Crippen molar-refractivity contribution >= 4 is 11.0 Å². The molecule has 0 bridgehead atoms. The Labute approximate surface area is 104 Å². The van der Waals surface area contributed by atoms with E-state index in [0.29, 0.717) is 17.5 Å². The molecule has 0 fully saturated rings. The van der Waals surface area contributed by atoms with Crippen LogP contribution >= 0.6 is 0 Å². The predicted octanol–water partition coefficient (Wildman–Crippen LogP) is 2.15. The number of fused-ring (bicyclic) bond motifs is 1. The van der Waals surface area contributed by atoms with E-state index in [2.05, 4.69) is 46.1 Å². The normalized spacial score (nSPS) is 10.9. The number of aromatic amines is 2. The van der Waals surface area contributed by atoms with Crippen molar-refractivity contribution in [2.45, 2.75) is 13.3 Å². The van der Waals surface area contributed by atoms with Crippen molar-refractivity contribution in [1.82, 2.24) is 15.0 Å². The lowest BCUT2D eigenvalue weighted by atomic mass is 10.1. The number of rotatable bonds is 2. The first-order chi connectivity index (χ1) is 8.72. The Balaban J connectivity index is 1.98. The number of pyridine rings is 1. The fourth-order valence-corrected chi connectivity index (χ4v) is 1.98. The lowest BCUT2D eigenvalue weighted by Crippen LogP contribution is -2.04. The summed E-state index contributed by atoms with van der Waals surface area (Å²) in [5.74, 6) is 0.811. The van der Waals surface area contributed by atoms with Gasteiger partial charge in [0.1, 0.15) is 11.3 Å². The molecule has 2 heterocycles. The van der Waals surface area contributed by atoms with Crippen LogP contribution in [0.25, 0.3) is 11.0 Å². The van der Waals surface area contributed by atoms with Gasteiger partial charge in [-0.15, -0.1) is 0 Å². The summed E-state index contributed by atoms with van der Waals surface area (Å²) in [6, 6.07) is 10.1.